The summed E-state index contributed by atoms with van der Waals surface area (Å²) in [6.07, 6.45) is 4.21. The van der Waals surface area contributed by atoms with E-state index in [4.69, 9.17) is 0 Å². The Morgan fingerprint density at radius 3 is 3.00 bits per heavy atom. The Morgan fingerprint density at radius 2 is 2.50 bits per heavy atom. The molecular formula is C8H11N3O. The van der Waals surface area contributed by atoms with Crippen molar-refractivity contribution in [2.45, 2.75) is 13.3 Å². The minimum absolute atomic E-state index is 0.496. The van der Waals surface area contributed by atoms with Crippen molar-refractivity contribution >= 4 is 6.08 Å². The highest BCUT2D eigenvalue weighted by Gasteiger charge is 2.00. The van der Waals surface area contributed by atoms with Crippen LogP contribution in [0.4, 0.5) is 0 Å². The number of hydrogen-bond donors (Lipinski definition) is 0. The molecule has 0 aliphatic carbocycles. The van der Waals surface area contributed by atoms with Crippen molar-refractivity contribution in [3.8, 4) is 0 Å². The molecule has 0 aliphatic heterocycles. The second kappa shape index (κ2) is 3.83. The van der Waals surface area contributed by atoms with Crippen LogP contribution in [0.5, 0.6) is 0 Å². The second-order valence-electron chi connectivity index (χ2n) is 2.64. The van der Waals surface area contributed by atoms with Gasteiger partial charge in [0.15, 0.2) is 0 Å². The van der Waals surface area contributed by atoms with Gasteiger partial charge >= 0.3 is 0 Å². The van der Waals surface area contributed by atoms with Crippen LogP contribution < -0.4 is 0 Å². The molecule has 0 bridgehead atoms. The standard InChI is InChI=1S/C8H11N3O/c1-7-8(3-4-9-6-12)5-11(2)10-7/h5H,3-4H2,1-2H3. The maximum Gasteiger partial charge on any atom is 0.234 e. The van der Waals surface area contributed by atoms with Crippen molar-refractivity contribution in [3.05, 3.63) is 17.5 Å². The number of nitrogens with zero attached hydrogens (tertiary/aromatic N) is 3. The van der Waals surface area contributed by atoms with E-state index in [9.17, 15) is 4.79 Å². The normalized spacial score (nSPS) is 9.50. The van der Waals surface area contributed by atoms with Crippen LogP contribution in [-0.2, 0) is 18.3 Å². The first-order chi connectivity index (χ1) is 5.74. The molecule has 0 aliphatic rings. The van der Waals surface area contributed by atoms with Crippen molar-refractivity contribution in [2.24, 2.45) is 12.0 Å². The first kappa shape index (κ1) is 8.68. The van der Waals surface area contributed by atoms with Crippen LogP contribution in [0.15, 0.2) is 11.2 Å². The molecule has 12 heavy (non-hydrogen) atoms. The SMILES string of the molecule is Cc1nn(C)cc1CCN=C=O. The molecule has 0 unspecified atom stereocenters. The monoisotopic (exact) mass is 165 g/mol. The molecule has 64 valence electrons. The Kier molecular flexibility index (Phi) is 2.77. The summed E-state index contributed by atoms with van der Waals surface area (Å²) < 4.78 is 1.76. The van der Waals surface area contributed by atoms with Gasteiger partial charge in [-0.2, -0.15) is 5.10 Å². The highest BCUT2D eigenvalue weighted by Crippen LogP contribution is 2.04. The van der Waals surface area contributed by atoms with Crippen molar-refractivity contribution < 1.29 is 4.79 Å². The fraction of sp³-hybridized carbons (Fsp3) is 0.500. The number of aliphatic imine (C=N–C) groups is 1. The van der Waals surface area contributed by atoms with E-state index in [0.29, 0.717) is 6.54 Å². The average Bonchev–Trinajstić information content (AvgIpc) is 2.31. The minimum Gasteiger partial charge on any atom is -0.275 e. The van der Waals surface area contributed by atoms with Gasteiger partial charge in [-0.25, -0.2) is 9.79 Å². The molecule has 0 radical (unpaired) electrons. The third kappa shape index (κ3) is 2.04. The van der Waals surface area contributed by atoms with Crippen molar-refractivity contribution in [1.29, 1.82) is 0 Å². The summed E-state index contributed by atoms with van der Waals surface area (Å²) in [5, 5.41) is 4.17. The quantitative estimate of drug-likeness (QED) is 0.486. The van der Waals surface area contributed by atoms with Crippen molar-refractivity contribution in [1.82, 2.24) is 9.78 Å². The van der Waals surface area contributed by atoms with Crippen LogP contribution in [0.2, 0.25) is 0 Å². The Balaban J connectivity index is 2.62. The van der Waals surface area contributed by atoms with Gasteiger partial charge in [-0.1, -0.05) is 0 Å². The molecule has 0 fully saturated rings. The number of rotatable bonds is 3. The number of aryl methyl sites for hydroxylation is 2. The van der Waals surface area contributed by atoms with Gasteiger partial charge in [0, 0.05) is 13.2 Å². The fourth-order valence-corrected chi connectivity index (χ4v) is 1.12. The molecule has 0 atom stereocenters. The lowest BCUT2D eigenvalue weighted by atomic mass is 10.2. The molecule has 1 rings (SSSR count). The van der Waals surface area contributed by atoms with Crippen LogP contribution in [0.3, 0.4) is 0 Å². The molecule has 0 amide bonds. The summed E-state index contributed by atoms with van der Waals surface area (Å²) in [7, 11) is 1.87. The zero-order chi connectivity index (χ0) is 8.97. The van der Waals surface area contributed by atoms with E-state index in [1.807, 2.05) is 20.2 Å². The zero-order valence-corrected chi connectivity index (χ0v) is 7.24. The smallest absolute Gasteiger partial charge is 0.234 e. The molecule has 1 aromatic heterocycles. The molecule has 1 aromatic rings. The van der Waals surface area contributed by atoms with E-state index >= 15 is 0 Å². The maximum atomic E-state index is 9.77. The Labute approximate surface area is 70.9 Å². The number of isocyanates is 1. The largest absolute Gasteiger partial charge is 0.275 e. The van der Waals surface area contributed by atoms with Crippen LogP contribution in [0.1, 0.15) is 11.3 Å². The summed E-state index contributed by atoms with van der Waals surface area (Å²) in [4.78, 5) is 13.2. The highest BCUT2D eigenvalue weighted by atomic mass is 16.1. The van der Waals surface area contributed by atoms with Gasteiger partial charge in [0.05, 0.1) is 12.2 Å². The molecular weight excluding hydrogens is 154 g/mol. The molecule has 0 saturated carbocycles. The molecule has 0 aromatic carbocycles. The first-order valence-electron chi connectivity index (χ1n) is 3.77. The van der Waals surface area contributed by atoms with Crippen LogP contribution >= 0.6 is 0 Å². The van der Waals surface area contributed by atoms with Gasteiger partial charge in [-0.15, -0.1) is 0 Å². The number of aromatic nitrogens is 2. The molecule has 0 spiro atoms. The summed E-state index contributed by atoms with van der Waals surface area (Å²) >= 11 is 0. The van der Waals surface area contributed by atoms with Crippen molar-refractivity contribution in [3.63, 3.8) is 0 Å². The predicted molar refractivity (Wildman–Crippen MR) is 44.6 cm³/mol. The van der Waals surface area contributed by atoms with Crippen LogP contribution in [-0.4, -0.2) is 22.4 Å². The summed E-state index contributed by atoms with van der Waals surface area (Å²) in [5.74, 6) is 0. The lowest BCUT2D eigenvalue weighted by Gasteiger charge is -1.90. The molecule has 4 nitrogen and oxygen atoms in total. The summed E-state index contributed by atoms with van der Waals surface area (Å²) in [6, 6.07) is 0. The van der Waals surface area contributed by atoms with E-state index in [0.717, 1.165) is 17.7 Å². The molecule has 0 N–H and O–H groups in total. The lowest BCUT2D eigenvalue weighted by molar-refractivity contribution is 0.563. The third-order valence-electron chi connectivity index (χ3n) is 1.67. The van der Waals surface area contributed by atoms with Crippen LogP contribution in [0.25, 0.3) is 0 Å². The maximum absolute atomic E-state index is 9.77. The Hall–Kier alpha value is -1.41. The van der Waals surface area contributed by atoms with Gasteiger partial charge in [-0.3, -0.25) is 4.68 Å². The number of carbonyl (C=O) groups excluding carboxylic acids is 1. The lowest BCUT2D eigenvalue weighted by Crippen LogP contribution is -1.89. The van der Waals surface area contributed by atoms with E-state index in [-0.39, 0.29) is 0 Å². The van der Waals surface area contributed by atoms with E-state index in [2.05, 4.69) is 10.1 Å². The first-order valence-corrected chi connectivity index (χ1v) is 3.77. The predicted octanol–water partition coefficient (Wildman–Crippen LogP) is 0.607. The van der Waals surface area contributed by atoms with Crippen LogP contribution in [0, 0.1) is 6.92 Å². The van der Waals surface area contributed by atoms with E-state index < -0.39 is 0 Å². The molecule has 1 heterocycles. The summed E-state index contributed by atoms with van der Waals surface area (Å²) in [6.45, 7) is 2.44. The van der Waals surface area contributed by atoms with Gasteiger partial charge in [0.1, 0.15) is 0 Å². The molecule has 0 saturated heterocycles. The minimum atomic E-state index is 0.496. The van der Waals surface area contributed by atoms with E-state index in [1.165, 1.54) is 6.08 Å². The Morgan fingerprint density at radius 1 is 1.75 bits per heavy atom. The van der Waals surface area contributed by atoms with Gasteiger partial charge < -0.3 is 0 Å². The van der Waals surface area contributed by atoms with Gasteiger partial charge in [-0.05, 0) is 18.9 Å². The highest BCUT2D eigenvalue weighted by molar-refractivity contribution is 5.33. The second-order valence-corrected chi connectivity index (χ2v) is 2.64. The Bertz CT molecular complexity index is 310. The topological polar surface area (TPSA) is 47.2 Å². The number of hydrogen-bond acceptors (Lipinski definition) is 3. The zero-order valence-electron chi connectivity index (χ0n) is 7.24. The third-order valence-corrected chi connectivity index (χ3v) is 1.67. The van der Waals surface area contributed by atoms with Crippen molar-refractivity contribution in [2.75, 3.05) is 6.54 Å². The average molecular weight is 165 g/mol. The fourth-order valence-electron chi connectivity index (χ4n) is 1.12. The molecule has 4 heteroatoms. The van der Waals surface area contributed by atoms with Gasteiger partial charge in [0.25, 0.3) is 0 Å². The van der Waals surface area contributed by atoms with Gasteiger partial charge in [0.2, 0.25) is 6.08 Å². The summed E-state index contributed by atoms with van der Waals surface area (Å²) in [5.41, 5.74) is 2.13. The van der Waals surface area contributed by atoms with E-state index in [1.54, 1.807) is 4.68 Å².